The van der Waals surface area contributed by atoms with Crippen molar-refractivity contribution in [3.63, 3.8) is 0 Å². The number of nitrogens with one attached hydrogen (secondary N) is 2. The molecule has 0 aromatic carbocycles. The van der Waals surface area contributed by atoms with Gasteiger partial charge in [-0.25, -0.2) is 0 Å². The van der Waals surface area contributed by atoms with Gasteiger partial charge in [-0.15, -0.1) is 12.4 Å². The van der Waals surface area contributed by atoms with E-state index in [1.807, 2.05) is 0 Å². The Morgan fingerprint density at radius 1 is 1.10 bits per heavy atom. The van der Waals surface area contributed by atoms with Crippen LogP contribution in [0.4, 0.5) is 0 Å². The SMILES string of the molecule is Cl.O=C(CC12CC3CC(CC(C3)C1)C2)NCC1CCNC1. The van der Waals surface area contributed by atoms with Crippen molar-refractivity contribution < 1.29 is 4.79 Å². The Labute approximate surface area is 134 Å². The van der Waals surface area contributed by atoms with E-state index in [2.05, 4.69) is 10.6 Å². The van der Waals surface area contributed by atoms with E-state index in [0.717, 1.165) is 43.8 Å². The van der Waals surface area contributed by atoms with E-state index in [9.17, 15) is 4.79 Å². The minimum Gasteiger partial charge on any atom is -0.356 e. The Hall–Kier alpha value is -0.280. The zero-order valence-electron chi connectivity index (χ0n) is 12.9. The van der Waals surface area contributed by atoms with Crippen molar-refractivity contribution in [1.29, 1.82) is 0 Å². The second-order valence-electron chi connectivity index (χ2n) is 8.26. The molecule has 1 saturated heterocycles. The topological polar surface area (TPSA) is 41.1 Å². The van der Waals surface area contributed by atoms with Crippen LogP contribution in [-0.4, -0.2) is 25.5 Å². The van der Waals surface area contributed by atoms with E-state index < -0.39 is 0 Å². The first-order valence-corrected chi connectivity index (χ1v) is 8.68. The summed E-state index contributed by atoms with van der Waals surface area (Å²) >= 11 is 0. The molecule has 1 atom stereocenters. The van der Waals surface area contributed by atoms with Crippen LogP contribution in [0.2, 0.25) is 0 Å². The lowest BCUT2D eigenvalue weighted by molar-refractivity contribution is -0.129. The third-order valence-electron chi connectivity index (χ3n) is 6.45. The van der Waals surface area contributed by atoms with E-state index in [-0.39, 0.29) is 12.4 Å². The van der Waals surface area contributed by atoms with Gasteiger partial charge in [0.05, 0.1) is 0 Å². The van der Waals surface area contributed by atoms with Gasteiger partial charge in [0.1, 0.15) is 0 Å². The van der Waals surface area contributed by atoms with Crippen LogP contribution < -0.4 is 10.6 Å². The molecule has 5 fully saturated rings. The van der Waals surface area contributed by atoms with Gasteiger partial charge < -0.3 is 10.6 Å². The van der Waals surface area contributed by atoms with Gasteiger partial charge in [-0.1, -0.05) is 0 Å². The first-order valence-electron chi connectivity index (χ1n) is 8.68. The van der Waals surface area contributed by atoms with Crippen molar-refractivity contribution in [3.05, 3.63) is 0 Å². The van der Waals surface area contributed by atoms with Crippen LogP contribution in [0.3, 0.4) is 0 Å². The molecule has 21 heavy (non-hydrogen) atoms. The van der Waals surface area contributed by atoms with Crippen LogP contribution in [0.1, 0.15) is 51.4 Å². The highest BCUT2D eigenvalue weighted by molar-refractivity contribution is 5.85. The van der Waals surface area contributed by atoms with Crippen LogP contribution in [0.5, 0.6) is 0 Å². The maximum Gasteiger partial charge on any atom is 0.220 e. The Morgan fingerprint density at radius 2 is 1.71 bits per heavy atom. The molecule has 5 rings (SSSR count). The monoisotopic (exact) mass is 312 g/mol. The van der Waals surface area contributed by atoms with Gasteiger partial charge in [0.15, 0.2) is 0 Å². The van der Waals surface area contributed by atoms with Crippen molar-refractivity contribution in [2.24, 2.45) is 29.1 Å². The maximum absolute atomic E-state index is 12.4. The van der Waals surface area contributed by atoms with Gasteiger partial charge in [0.25, 0.3) is 0 Å². The predicted molar refractivity (Wildman–Crippen MR) is 86.5 cm³/mol. The first kappa shape index (κ1) is 15.6. The molecule has 3 nitrogen and oxygen atoms in total. The smallest absolute Gasteiger partial charge is 0.220 e. The molecule has 1 aliphatic heterocycles. The van der Waals surface area contributed by atoms with Crippen molar-refractivity contribution in [2.45, 2.75) is 51.4 Å². The molecular weight excluding hydrogens is 284 g/mol. The summed E-state index contributed by atoms with van der Waals surface area (Å²) in [7, 11) is 0. The summed E-state index contributed by atoms with van der Waals surface area (Å²) in [5.41, 5.74) is 0.396. The van der Waals surface area contributed by atoms with Crippen LogP contribution in [0, 0.1) is 29.1 Å². The second-order valence-corrected chi connectivity index (χ2v) is 8.26. The molecule has 1 amide bonds. The minimum absolute atomic E-state index is 0. The maximum atomic E-state index is 12.4. The van der Waals surface area contributed by atoms with Crippen molar-refractivity contribution in [1.82, 2.24) is 10.6 Å². The molecule has 4 heteroatoms. The number of hydrogen-bond acceptors (Lipinski definition) is 2. The summed E-state index contributed by atoms with van der Waals surface area (Å²) in [5, 5.41) is 6.59. The average Bonchev–Trinajstić information content (AvgIpc) is 2.87. The van der Waals surface area contributed by atoms with Crippen molar-refractivity contribution in [3.8, 4) is 0 Å². The molecule has 4 bridgehead atoms. The molecule has 5 aliphatic rings. The van der Waals surface area contributed by atoms with Gasteiger partial charge in [-0.3, -0.25) is 4.79 Å². The first-order chi connectivity index (χ1) is 9.71. The summed E-state index contributed by atoms with van der Waals surface area (Å²) in [5.74, 6) is 3.85. The van der Waals surface area contributed by atoms with Gasteiger partial charge in [-0.05, 0) is 87.1 Å². The normalized spacial score (nSPS) is 43.6. The van der Waals surface area contributed by atoms with Crippen molar-refractivity contribution in [2.75, 3.05) is 19.6 Å². The molecule has 0 spiro atoms. The van der Waals surface area contributed by atoms with Gasteiger partial charge in [-0.2, -0.15) is 0 Å². The van der Waals surface area contributed by atoms with Crippen LogP contribution in [-0.2, 0) is 4.79 Å². The third-order valence-corrected chi connectivity index (χ3v) is 6.45. The lowest BCUT2D eigenvalue weighted by atomic mass is 9.49. The molecule has 4 saturated carbocycles. The zero-order chi connectivity index (χ0) is 13.6. The van der Waals surface area contributed by atoms with E-state index in [0.29, 0.717) is 17.2 Å². The third kappa shape index (κ3) is 3.24. The minimum atomic E-state index is 0. The van der Waals surface area contributed by atoms with Crippen LogP contribution >= 0.6 is 12.4 Å². The Kier molecular flexibility index (Phi) is 4.52. The van der Waals surface area contributed by atoms with E-state index in [4.69, 9.17) is 0 Å². The van der Waals surface area contributed by atoms with Crippen molar-refractivity contribution >= 4 is 18.3 Å². The molecule has 0 radical (unpaired) electrons. The molecule has 1 heterocycles. The summed E-state index contributed by atoms with van der Waals surface area (Å²) in [4.78, 5) is 12.4. The predicted octanol–water partition coefficient (Wildman–Crippen LogP) is 2.74. The molecule has 0 aromatic rings. The molecule has 1 unspecified atom stereocenters. The average molecular weight is 313 g/mol. The molecule has 2 N–H and O–H groups in total. The Bertz CT molecular complexity index is 357. The Balaban J connectivity index is 0.00000132. The summed E-state index contributed by atoms with van der Waals surface area (Å²) in [6.45, 7) is 3.09. The fraction of sp³-hybridized carbons (Fsp3) is 0.941. The van der Waals surface area contributed by atoms with E-state index in [1.54, 1.807) is 0 Å². The largest absolute Gasteiger partial charge is 0.356 e. The number of carbonyl (C=O) groups excluding carboxylic acids is 1. The fourth-order valence-corrected chi connectivity index (χ4v) is 6.06. The highest BCUT2D eigenvalue weighted by Crippen LogP contribution is 2.61. The standard InChI is InChI=1S/C17H28N2O.ClH/c20-16(19-11-12-1-2-18-10-12)9-17-6-13-3-14(7-17)5-15(4-13)8-17;/h12-15,18H,1-11H2,(H,19,20);1H. The second kappa shape index (κ2) is 6.08. The number of amides is 1. The number of hydrogen-bond donors (Lipinski definition) is 2. The van der Waals surface area contributed by atoms with Gasteiger partial charge in [0, 0.05) is 13.0 Å². The summed E-state index contributed by atoms with van der Waals surface area (Å²) < 4.78 is 0. The van der Waals surface area contributed by atoms with E-state index >= 15 is 0 Å². The van der Waals surface area contributed by atoms with Gasteiger partial charge >= 0.3 is 0 Å². The number of rotatable bonds is 4. The fourth-order valence-electron chi connectivity index (χ4n) is 6.06. The molecule has 120 valence electrons. The molecule has 0 aromatic heterocycles. The van der Waals surface area contributed by atoms with Gasteiger partial charge in [0.2, 0.25) is 5.91 Å². The molecule has 4 aliphatic carbocycles. The Morgan fingerprint density at radius 3 is 2.24 bits per heavy atom. The van der Waals surface area contributed by atoms with E-state index in [1.165, 1.54) is 44.9 Å². The van der Waals surface area contributed by atoms with Crippen LogP contribution in [0.25, 0.3) is 0 Å². The van der Waals surface area contributed by atoms with Crippen LogP contribution in [0.15, 0.2) is 0 Å². The number of halogens is 1. The molecular formula is C17H29ClN2O. The zero-order valence-corrected chi connectivity index (χ0v) is 13.7. The lowest BCUT2D eigenvalue weighted by Crippen LogP contribution is -2.48. The highest BCUT2D eigenvalue weighted by Gasteiger charge is 2.51. The summed E-state index contributed by atoms with van der Waals surface area (Å²) in [6, 6.07) is 0. The lowest BCUT2D eigenvalue weighted by Gasteiger charge is -2.56. The highest BCUT2D eigenvalue weighted by atomic mass is 35.5. The number of carbonyl (C=O) groups is 1. The quantitative estimate of drug-likeness (QED) is 0.838. The summed E-state index contributed by atoms with van der Waals surface area (Å²) in [6.07, 6.45) is 10.5.